The van der Waals surface area contributed by atoms with Crippen molar-refractivity contribution in [2.75, 3.05) is 33.3 Å². The first kappa shape index (κ1) is 31.1. The van der Waals surface area contributed by atoms with Crippen LogP contribution >= 0.6 is 11.3 Å². The second-order valence-electron chi connectivity index (χ2n) is 9.61. The van der Waals surface area contributed by atoms with Crippen LogP contribution in [0.1, 0.15) is 66.3 Å². The summed E-state index contributed by atoms with van der Waals surface area (Å²) in [6, 6.07) is 8.14. The molecule has 0 fully saturated rings. The summed E-state index contributed by atoms with van der Waals surface area (Å²) in [5.74, 6) is 2.23. The molecule has 1 heterocycles. The zero-order chi connectivity index (χ0) is 28.4. The van der Waals surface area contributed by atoms with Crippen molar-refractivity contribution in [2.45, 2.75) is 47.5 Å². The van der Waals surface area contributed by atoms with Gasteiger partial charge in [0, 0.05) is 19.8 Å². The van der Waals surface area contributed by atoms with Crippen molar-refractivity contribution in [3.63, 3.8) is 0 Å². The van der Waals surface area contributed by atoms with E-state index >= 15 is 0 Å². The van der Waals surface area contributed by atoms with E-state index in [4.69, 9.17) is 19.9 Å². The molecule has 1 aromatic heterocycles. The van der Waals surface area contributed by atoms with Crippen molar-refractivity contribution in [2.24, 2.45) is 23.5 Å². The summed E-state index contributed by atoms with van der Waals surface area (Å²) in [5, 5.41) is 3.57. The molecule has 208 valence electrons. The number of amides is 2. The molecular formula is C29H41N3O5S. The minimum Gasteiger partial charge on any atom is -0.497 e. The van der Waals surface area contributed by atoms with E-state index in [2.05, 4.69) is 38.0 Å². The number of methoxy groups -OCH3 is 3. The van der Waals surface area contributed by atoms with Crippen LogP contribution in [-0.4, -0.2) is 44.7 Å². The van der Waals surface area contributed by atoms with Crippen LogP contribution in [0.5, 0.6) is 11.5 Å². The number of hydrogen-bond donors (Lipinski definition) is 2. The van der Waals surface area contributed by atoms with Crippen LogP contribution in [0.15, 0.2) is 30.3 Å². The van der Waals surface area contributed by atoms with E-state index in [0.29, 0.717) is 33.2 Å². The third kappa shape index (κ3) is 8.16. The molecule has 0 bridgehead atoms. The number of aryl methyl sites for hydroxylation is 1. The molecule has 0 aliphatic carbocycles. The molecule has 9 heteroatoms. The largest absolute Gasteiger partial charge is 0.497 e. The third-order valence-electron chi connectivity index (χ3n) is 6.65. The number of nitrogens with one attached hydrogen (secondary N) is 1. The first-order valence-corrected chi connectivity index (χ1v) is 13.6. The Balaban J connectivity index is 0.000000358. The van der Waals surface area contributed by atoms with E-state index in [0.717, 1.165) is 23.5 Å². The van der Waals surface area contributed by atoms with Gasteiger partial charge < -0.3 is 25.3 Å². The van der Waals surface area contributed by atoms with Gasteiger partial charge in [-0.3, -0.25) is 9.59 Å². The first-order chi connectivity index (χ1) is 18.1. The fraction of sp³-hybridized carbons (Fsp3) is 0.483. The average molecular weight is 544 g/mol. The minimum absolute atomic E-state index is 0.186. The number of thiazole rings is 1. The van der Waals surface area contributed by atoms with E-state index < -0.39 is 11.8 Å². The molecule has 8 nitrogen and oxygen atoms in total. The number of nitrogens with two attached hydrogens (primary N) is 1. The lowest BCUT2D eigenvalue weighted by atomic mass is 9.86. The number of fused-ring (bicyclic) bond motifs is 1. The summed E-state index contributed by atoms with van der Waals surface area (Å²) >= 11 is 1.40. The van der Waals surface area contributed by atoms with Crippen LogP contribution < -0.4 is 20.5 Å². The second kappa shape index (κ2) is 14.7. The van der Waals surface area contributed by atoms with Crippen molar-refractivity contribution in [3.05, 3.63) is 46.5 Å². The number of benzene rings is 2. The number of hydrogen-bond acceptors (Lipinski definition) is 7. The Labute approximate surface area is 229 Å². The van der Waals surface area contributed by atoms with E-state index in [1.54, 1.807) is 31.4 Å². The molecule has 0 radical (unpaired) electrons. The van der Waals surface area contributed by atoms with Crippen LogP contribution in [-0.2, 0) is 4.74 Å². The van der Waals surface area contributed by atoms with Gasteiger partial charge in [-0.2, -0.15) is 0 Å². The number of anilines is 1. The number of aromatic nitrogens is 1. The Morgan fingerprint density at radius 1 is 1.05 bits per heavy atom. The number of rotatable bonds is 11. The lowest BCUT2D eigenvalue weighted by Crippen LogP contribution is -2.19. The van der Waals surface area contributed by atoms with E-state index in [1.165, 1.54) is 44.5 Å². The Morgan fingerprint density at radius 2 is 1.76 bits per heavy atom. The van der Waals surface area contributed by atoms with Crippen molar-refractivity contribution >= 4 is 39.1 Å². The SMILES string of the molecule is CCC(C)C(C)CC(C)COC.COc1ccc(C(N)=O)c(NC(=O)c2c(OC)ccc3nc(C)sc23)c1. The van der Waals surface area contributed by atoms with Gasteiger partial charge >= 0.3 is 0 Å². The van der Waals surface area contributed by atoms with Gasteiger partial charge in [0.15, 0.2) is 0 Å². The lowest BCUT2D eigenvalue weighted by Gasteiger charge is -2.21. The number of ether oxygens (including phenoxy) is 3. The van der Waals surface area contributed by atoms with E-state index in [9.17, 15) is 9.59 Å². The fourth-order valence-electron chi connectivity index (χ4n) is 4.25. The molecule has 3 atom stereocenters. The molecular weight excluding hydrogens is 502 g/mol. The fourth-order valence-corrected chi connectivity index (χ4v) is 5.20. The molecule has 0 saturated heterocycles. The predicted octanol–water partition coefficient (Wildman–Crippen LogP) is 6.31. The lowest BCUT2D eigenvalue weighted by molar-refractivity contribution is 0.100. The second-order valence-corrected chi connectivity index (χ2v) is 10.8. The molecule has 3 rings (SSSR count). The van der Waals surface area contributed by atoms with Crippen LogP contribution in [0.3, 0.4) is 0 Å². The average Bonchev–Trinajstić information content (AvgIpc) is 3.27. The summed E-state index contributed by atoms with van der Waals surface area (Å²) in [7, 11) is 4.77. The zero-order valence-electron chi connectivity index (χ0n) is 23.7. The van der Waals surface area contributed by atoms with Gasteiger partial charge in [0.05, 0.1) is 40.7 Å². The molecule has 0 aliphatic heterocycles. The molecule has 3 unspecified atom stereocenters. The molecule has 0 saturated carbocycles. The van der Waals surface area contributed by atoms with Gasteiger partial charge in [-0.05, 0) is 55.4 Å². The topological polar surface area (TPSA) is 113 Å². The van der Waals surface area contributed by atoms with Crippen molar-refractivity contribution in [1.82, 2.24) is 4.98 Å². The number of carbonyl (C=O) groups excluding carboxylic acids is 2. The highest BCUT2D eigenvalue weighted by Crippen LogP contribution is 2.33. The van der Waals surface area contributed by atoms with Crippen molar-refractivity contribution < 1.29 is 23.8 Å². The Kier molecular flexibility index (Phi) is 12.0. The number of primary amides is 1. The van der Waals surface area contributed by atoms with Gasteiger partial charge in [0.2, 0.25) is 0 Å². The Bertz CT molecular complexity index is 1230. The molecule has 3 N–H and O–H groups in total. The maximum absolute atomic E-state index is 13.0. The van der Waals surface area contributed by atoms with Crippen LogP contribution in [0.2, 0.25) is 0 Å². The maximum atomic E-state index is 13.0. The summed E-state index contributed by atoms with van der Waals surface area (Å²) in [6.45, 7) is 12.0. The quantitative estimate of drug-likeness (QED) is 0.293. The summed E-state index contributed by atoms with van der Waals surface area (Å²) in [6.07, 6.45) is 2.59. The molecule has 38 heavy (non-hydrogen) atoms. The molecule has 0 spiro atoms. The molecule has 2 amide bonds. The third-order valence-corrected chi connectivity index (χ3v) is 7.66. The van der Waals surface area contributed by atoms with Crippen LogP contribution in [0, 0.1) is 24.7 Å². The monoisotopic (exact) mass is 543 g/mol. The zero-order valence-corrected chi connectivity index (χ0v) is 24.5. The van der Waals surface area contributed by atoms with E-state index in [1.807, 2.05) is 6.92 Å². The smallest absolute Gasteiger partial charge is 0.260 e. The summed E-state index contributed by atoms with van der Waals surface area (Å²) < 4.78 is 16.3. The Hall–Kier alpha value is -3.17. The molecule has 0 aliphatic rings. The minimum atomic E-state index is -0.651. The van der Waals surface area contributed by atoms with Crippen LogP contribution in [0.25, 0.3) is 10.2 Å². The van der Waals surface area contributed by atoms with E-state index in [-0.39, 0.29) is 11.3 Å². The first-order valence-electron chi connectivity index (χ1n) is 12.8. The molecule has 2 aromatic carbocycles. The van der Waals surface area contributed by atoms with Gasteiger partial charge in [0.25, 0.3) is 11.8 Å². The van der Waals surface area contributed by atoms with Gasteiger partial charge in [-0.15, -0.1) is 11.3 Å². The highest BCUT2D eigenvalue weighted by Gasteiger charge is 2.21. The highest BCUT2D eigenvalue weighted by molar-refractivity contribution is 7.19. The van der Waals surface area contributed by atoms with Crippen LogP contribution in [0.4, 0.5) is 5.69 Å². The summed E-state index contributed by atoms with van der Waals surface area (Å²) in [5.41, 5.74) is 6.92. The Morgan fingerprint density at radius 3 is 2.34 bits per heavy atom. The standard InChI is InChI=1S/C18H17N3O4S.C11H24O/c1-9-20-12-6-7-14(25-3)15(16(12)26-9)18(23)21-13-8-10(24-2)4-5-11(13)17(19)22;1-6-10(3)11(4)7-9(2)8-12-5/h4-8H,1-3H3,(H2,19,22)(H,21,23);9-11H,6-8H2,1-5H3. The number of nitrogens with zero attached hydrogens (tertiary/aromatic N) is 1. The van der Waals surface area contributed by atoms with Gasteiger partial charge in [-0.1, -0.05) is 34.1 Å². The maximum Gasteiger partial charge on any atom is 0.260 e. The predicted molar refractivity (Wildman–Crippen MR) is 155 cm³/mol. The van der Waals surface area contributed by atoms with Crippen molar-refractivity contribution in [3.8, 4) is 11.5 Å². The van der Waals surface area contributed by atoms with Gasteiger partial charge in [-0.25, -0.2) is 4.98 Å². The highest BCUT2D eigenvalue weighted by atomic mass is 32.1. The van der Waals surface area contributed by atoms with Crippen molar-refractivity contribution in [1.29, 1.82) is 0 Å². The summed E-state index contributed by atoms with van der Waals surface area (Å²) in [4.78, 5) is 29.1. The van der Waals surface area contributed by atoms with Gasteiger partial charge in [0.1, 0.15) is 17.1 Å². The molecule has 3 aromatic rings. The normalized spacial score (nSPS) is 13.2. The number of carbonyl (C=O) groups is 2.